The van der Waals surface area contributed by atoms with Crippen LogP contribution in [0.4, 0.5) is 0 Å². The third kappa shape index (κ3) is 2.99. The highest BCUT2D eigenvalue weighted by Gasteiger charge is 2.26. The van der Waals surface area contributed by atoms with Gasteiger partial charge in [0, 0.05) is 49.5 Å². The van der Waals surface area contributed by atoms with E-state index in [1.165, 1.54) is 24.1 Å². The van der Waals surface area contributed by atoms with Crippen molar-refractivity contribution >= 4 is 0 Å². The van der Waals surface area contributed by atoms with Gasteiger partial charge in [0.1, 0.15) is 0 Å². The van der Waals surface area contributed by atoms with Gasteiger partial charge in [-0.25, -0.2) is 0 Å². The summed E-state index contributed by atoms with van der Waals surface area (Å²) in [7, 11) is 4.44. The molecule has 2 aliphatic rings. The van der Waals surface area contributed by atoms with Crippen LogP contribution in [0.15, 0.2) is 6.20 Å². The Bertz CT molecular complexity index is 404. The Labute approximate surface area is 115 Å². The van der Waals surface area contributed by atoms with Crippen molar-refractivity contribution in [1.29, 1.82) is 0 Å². The molecule has 5 heteroatoms. The summed E-state index contributed by atoms with van der Waals surface area (Å²) in [5.41, 5.74) is 2.72. The predicted octanol–water partition coefficient (Wildman–Crippen LogP) is 0.623. The lowest BCUT2D eigenvalue weighted by Gasteiger charge is -2.30. The molecular formula is C14H25N5. The zero-order chi connectivity index (χ0) is 13.2. The van der Waals surface area contributed by atoms with Gasteiger partial charge in [-0.3, -0.25) is 5.10 Å². The molecule has 19 heavy (non-hydrogen) atoms. The summed E-state index contributed by atoms with van der Waals surface area (Å²) in [6, 6.07) is 1.02. The van der Waals surface area contributed by atoms with E-state index in [2.05, 4.69) is 39.4 Å². The van der Waals surface area contributed by atoms with E-state index in [1.807, 2.05) is 6.20 Å². The number of aromatic amines is 1. The summed E-state index contributed by atoms with van der Waals surface area (Å²) in [6.45, 7) is 4.59. The molecule has 2 N–H and O–H groups in total. The van der Waals surface area contributed by atoms with Gasteiger partial charge >= 0.3 is 0 Å². The number of rotatable bonds is 2. The molecule has 2 heterocycles. The zero-order valence-electron chi connectivity index (χ0n) is 12.0. The van der Waals surface area contributed by atoms with Gasteiger partial charge in [0.25, 0.3) is 0 Å². The van der Waals surface area contributed by atoms with Crippen LogP contribution in [0, 0.1) is 0 Å². The third-order valence-electron chi connectivity index (χ3n) is 4.41. The number of fused-ring (bicyclic) bond motifs is 1. The molecule has 5 nitrogen and oxygen atoms in total. The van der Waals surface area contributed by atoms with Crippen LogP contribution < -0.4 is 5.32 Å². The summed E-state index contributed by atoms with van der Waals surface area (Å²) < 4.78 is 0. The lowest BCUT2D eigenvalue weighted by molar-refractivity contribution is 0.287. The van der Waals surface area contributed by atoms with Crippen LogP contribution in [0.1, 0.15) is 30.1 Å². The van der Waals surface area contributed by atoms with Gasteiger partial charge in [0.05, 0.1) is 6.20 Å². The van der Waals surface area contributed by atoms with Crippen molar-refractivity contribution in [2.75, 3.05) is 40.3 Å². The lowest BCUT2D eigenvalue weighted by atomic mass is 9.92. The van der Waals surface area contributed by atoms with Crippen molar-refractivity contribution in [2.24, 2.45) is 0 Å². The number of nitrogens with one attached hydrogen (secondary N) is 2. The van der Waals surface area contributed by atoms with Gasteiger partial charge in [-0.05, 0) is 33.4 Å². The Morgan fingerprint density at radius 1 is 1.26 bits per heavy atom. The Morgan fingerprint density at radius 2 is 2.00 bits per heavy atom. The summed E-state index contributed by atoms with van der Waals surface area (Å²) in [6.07, 6.45) is 5.65. The third-order valence-corrected chi connectivity index (χ3v) is 4.41. The number of likely N-dealkylation sites (N-methyl/N-ethyl adjacent to an activating group) is 2. The molecule has 1 saturated heterocycles. The number of hydrogen-bond acceptors (Lipinski definition) is 4. The first-order valence-electron chi connectivity index (χ1n) is 7.37. The molecule has 1 aromatic rings. The maximum absolute atomic E-state index is 4.21. The van der Waals surface area contributed by atoms with E-state index in [1.54, 1.807) is 0 Å². The Hall–Kier alpha value is -0.910. The second kappa shape index (κ2) is 5.61. The van der Waals surface area contributed by atoms with Gasteiger partial charge in [0.2, 0.25) is 0 Å². The average Bonchev–Trinajstić information content (AvgIpc) is 2.79. The minimum absolute atomic E-state index is 0.479. The van der Waals surface area contributed by atoms with Crippen molar-refractivity contribution in [2.45, 2.75) is 31.3 Å². The fourth-order valence-corrected chi connectivity index (χ4v) is 3.36. The monoisotopic (exact) mass is 263 g/mol. The van der Waals surface area contributed by atoms with Crippen LogP contribution in [0.25, 0.3) is 0 Å². The molecule has 1 atom stereocenters. The van der Waals surface area contributed by atoms with Crippen LogP contribution in [-0.4, -0.2) is 66.3 Å². The number of nitrogens with zero attached hydrogens (tertiary/aromatic N) is 3. The topological polar surface area (TPSA) is 47.2 Å². The molecule has 0 bridgehead atoms. The Morgan fingerprint density at radius 3 is 2.74 bits per heavy atom. The van der Waals surface area contributed by atoms with Crippen LogP contribution in [-0.2, 0) is 6.42 Å². The first kappa shape index (κ1) is 13.1. The highest BCUT2D eigenvalue weighted by atomic mass is 15.2. The molecule has 0 saturated carbocycles. The average molecular weight is 263 g/mol. The maximum atomic E-state index is 4.21. The molecule has 1 aliphatic carbocycles. The van der Waals surface area contributed by atoms with Crippen molar-refractivity contribution in [3.05, 3.63) is 17.5 Å². The quantitative estimate of drug-likeness (QED) is 0.821. The van der Waals surface area contributed by atoms with Crippen LogP contribution >= 0.6 is 0 Å². The van der Waals surface area contributed by atoms with E-state index in [-0.39, 0.29) is 0 Å². The maximum Gasteiger partial charge on any atom is 0.0538 e. The van der Waals surface area contributed by atoms with Crippen molar-refractivity contribution in [1.82, 2.24) is 25.3 Å². The minimum Gasteiger partial charge on any atom is -0.304 e. The van der Waals surface area contributed by atoms with E-state index >= 15 is 0 Å². The van der Waals surface area contributed by atoms with Crippen molar-refractivity contribution in [3.8, 4) is 0 Å². The summed E-state index contributed by atoms with van der Waals surface area (Å²) in [4.78, 5) is 4.86. The Balaban J connectivity index is 1.68. The predicted molar refractivity (Wildman–Crippen MR) is 76.2 cm³/mol. The van der Waals surface area contributed by atoms with E-state index in [4.69, 9.17) is 0 Å². The zero-order valence-corrected chi connectivity index (χ0v) is 12.0. The number of aromatic nitrogens is 2. The smallest absolute Gasteiger partial charge is 0.0538 e. The van der Waals surface area contributed by atoms with E-state index in [0.717, 1.165) is 32.6 Å². The fourth-order valence-electron chi connectivity index (χ4n) is 3.36. The molecule has 106 valence electrons. The van der Waals surface area contributed by atoms with Gasteiger partial charge in [-0.15, -0.1) is 0 Å². The van der Waals surface area contributed by atoms with Crippen molar-refractivity contribution < 1.29 is 0 Å². The minimum atomic E-state index is 0.479. The molecule has 0 radical (unpaired) electrons. The molecule has 1 unspecified atom stereocenters. The molecule has 1 aromatic heterocycles. The molecule has 1 aliphatic heterocycles. The van der Waals surface area contributed by atoms with Gasteiger partial charge in [-0.2, -0.15) is 5.10 Å². The van der Waals surface area contributed by atoms with Gasteiger partial charge in [-0.1, -0.05) is 0 Å². The summed E-state index contributed by atoms with van der Waals surface area (Å²) in [5.74, 6) is 0. The molecule has 3 rings (SSSR count). The molecule has 0 aromatic carbocycles. The lowest BCUT2D eigenvalue weighted by Crippen LogP contribution is -2.45. The van der Waals surface area contributed by atoms with E-state index < -0.39 is 0 Å². The summed E-state index contributed by atoms with van der Waals surface area (Å²) >= 11 is 0. The largest absolute Gasteiger partial charge is 0.304 e. The van der Waals surface area contributed by atoms with E-state index in [0.29, 0.717) is 12.1 Å². The second-order valence-corrected chi connectivity index (χ2v) is 6.14. The van der Waals surface area contributed by atoms with Gasteiger partial charge < -0.3 is 15.1 Å². The molecule has 0 spiro atoms. The second-order valence-electron chi connectivity index (χ2n) is 6.14. The first-order chi connectivity index (χ1) is 9.22. The van der Waals surface area contributed by atoms with Crippen LogP contribution in [0.3, 0.4) is 0 Å². The normalized spacial score (nSPS) is 27.2. The number of aryl methyl sites for hydroxylation is 1. The van der Waals surface area contributed by atoms with Crippen LogP contribution in [0.5, 0.6) is 0 Å². The van der Waals surface area contributed by atoms with Gasteiger partial charge in [0.15, 0.2) is 0 Å². The number of hydrogen-bond donors (Lipinski definition) is 2. The summed E-state index contributed by atoms with van der Waals surface area (Å²) in [5, 5.41) is 11.2. The number of H-pyrrole nitrogens is 1. The molecule has 1 fully saturated rings. The van der Waals surface area contributed by atoms with Crippen molar-refractivity contribution in [3.63, 3.8) is 0 Å². The molecular weight excluding hydrogens is 238 g/mol. The van der Waals surface area contributed by atoms with E-state index in [9.17, 15) is 0 Å². The Kier molecular flexibility index (Phi) is 3.86. The highest BCUT2D eigenvalue weighted by Crippen LogP contribution is 2.28. The van der Waals surface area contributed by atoms with Crippen LogP contribution in [0.2, 0.25) is 0 Å². The molecule has 0 amide bonds. The standard InChI is InChI=1S/C14H25N5/c1-18-6-7-19(2)10-11(9-18)16-13-4-3-5-14-12(13)8-15-17-14/h8,11,13,16H,3-7,9-10H2,1-2H3,(H,15,17). The fraction of sp³-hybridized carbons (Fsp3) is 0.786. The SMILES string of the molecule is CN1CCN(C)CC(NC2CCCc3[nH]ncc32)C1. The highest BCUT2D eigenvalue weighted by molar-refractivity contribution is 5.23. The first-order valence-corrected chi connectivity index (χ1v) is 7.37.